The molecule has 0 aliphatic heterocycles. The molecule has 124 valence electrons. The summed E-state index contributed by atoms with van der Waals surface area (Å²) in [6, 6.07) is 7.93. The lowest BCUT2D eigenvalue weighted by atomic mass is 10.2. The van der Waals surface area contributed by atoms with Crippen molar-refractivity contribution < 1.29 is 19.4 Å². The van der Waals surface area contributed by atoms with E-state index in [1.165, 1.54) is 12.0 Å². The van der Waals surface area contributed by atoms with E-state index in [-0.39, 0.29) is 12.5 Å². The number of amides is 1. The maximum Gasteiger partial charge on any atom is 0.323 e. The number of aromatic nitrogens is 1. The average molecular weight is 336 g/mol. The summed E-state index contributed by atoms with van der Waals surface area (Å²) >= 11 is 1.63. The number of nitrogens with zero attached hydrogens (tertiary/aromatic N) is 2. The van der Waals surface area contributed by atoms with Crippen molar-refractivity contribution in [2.24, 2.45) is 0 Å². The van der Waals surface area contributed by atoms with E-state index in [2.05, 4.69) is 4.98 Å². The fourth-order valence-electron chi connectivity index (χ4n) is 2.23. The molecule has 0 spiro atoms. The van der Waals surface area contributed by atoms with Gasteiger partial charge >= 0.3 is 5.97 Å². The van der Waals surface area contributed by atoms with Gasteiger partial charge in [-0.3, -0.25) is 9.59 Å². The number of carboxylic acids is 1. The molecule has 0 saturated carbocycles. The largest absolute Gasteiger partial charge is 0.480 e. The van der Waals surface area contributed by atoms with Gasteiger partial charge in [0.25, 0.3) is 0 Å². The van der Waals surface area contributed by atoms with E-state index in [4.69, 9.17) is 9.84 Å². The quantitative estimate of drug-likeness (QED) is 0.759. The first-order valence-electron chi connectivity index (χ1n) is 7.43. The summed E-state index contributed by atoms with van der Waals surface area (Å²) in [7, 11) is 1.52. The van der Waals surface area contributed by atoms with Gasteiger partial charge in [-0.25, -0.2) is 4.98 Å². The second-order valence-electron chi connectivity index (χ2n) is 5.13. The van der Waals surface area contributed by atoms with E-state index in [0.717, 1.165) is 21.6 Å². The van der Waals surface area contributed by atoms with Gasteiger partial charge in [0, 0.05) is 20.1 Å². The van der Waals surface area contributed by atoms with Crippen molar-refractivity contribution in [3.8, 4) is 0 Å². The van der Waals surface area contributed by atoms with Gasteiger partial charge in [0.2, 0.25) is 5.91 Å². The van der Waals surface area contributed by atoms with Crippen molar-refractivity contribution in [1.82, 2.24) is 9.88 Å². The predicted octanol–water partition coefficient (Wildman–Crippen LogP) is 2.18. The van der Waals surface area contributed by atoms with Crippen molar-refractivity contribution in [1.29, 1.82) is 0 Å². The van der Waals surface area contributed by atoms with Crippen LogP contribution in [0, 0.1) is 0 Å². The third-order valence-electron chi connectivity index (χ3n) is 3.36. The molecule has 0 fully saturated rings. The lowest BCUT2D eigenvalue weighted by molar-refractivity contribution is -0.144. The highest BCUT2D eigenvalue weighted by Crippen LogP contribution is 2.22. The Morgan fingerprint density at radius 2 is 2.13 bits per heavy atom. The molecular weight excluding hydrogens is 316 g/mol. The Morgan fingerprint density at radius 1 is 1.35 bits per heavy atom. The van der Waals surface area contributed by atoms with E-state index in [1.54, 1.807) is 11.3 Å². The first kappa shape index (κ1) is 17.4. The van der Waals surface area contributed by atoms with Crippen molar-refractivity contribution in [3.05, 3.63) is 29.3 Å². The normalized spacial score (nSPS) is 10.8. The van der Waals surface area contributed by atoms with Crippen LogP contribution in [0.3, 0.4) is 0 Å². The van der Waals surface area contributed by atoms with E-state index >= 15 is 0 Å². The summed E-state index contributed by atoms with van der Waals surface area (Å²) in [4.78, 5) is 28.8. The van der Waals surface area contributed by atoms with Crippen LogP contribution in [0.1, 0.15) is 17.8 Å². The fourth-order valence-corrected chi connectivity index (χ4v) is 3.24. The minimum Gasteiger partial charge on any atom is -0.480 e. The minimum atomic E-state index is -1.01. The topological polar surface area (TPSA) is 79.7 Å². The SMILES string of the molecule is COCCN(CC(=O)O)C(=O)CCCc1nc2ccccc2s1. The van der Waals surface area contributed by atoms with Gasteiger partial charge in [-0.1, -0.05) is 12.1 Å². The molecule has 0 bridgehead atoms. The number of carboxylic acid groups (broad SMARTS) is 1. The monoisotopic (exact) mass is 336 g/mol. The Hall–Kier alpha value is -1.99. The Kier molecular flexibility index (Phi) is 6.49. The highest BCUT2D eigenvalue weighted by atomic mass is 32.1. The number of hydrogen-bond acceptors (Lipinski definition) is 5. The third-order valence-corrected chi connectivity index (χ3v) is 4.46. The van der Waals surface area contributed by atoms with Crippen LogP contribution in [-0.4, -0.2) is 53.7 Å². The summed E-state index contributed by atoms with van der Waals surface area (Å²) in [5.41, 5.74) is 0.978. The molecule has 0 radical (unpaired) electrons. The molecule has 7 heteroatoms. The number of thiazole rings is 1. The summed E-state index contributed by atoms with van der Waals surface area (Å²) < 4.78 is 6.06. The Bertz CT molecular complexity index is 638. The third kappa shape index (κ3) is 5.30. The van der Waals surface area contributed by atoms with E-state index in [9.17, 15) is 9.59 Å². The van der Waals surface area contributed by atoms with Crippen LogP contribution in [0.4, 0.5) is 0 Å². The molecule has 0 saturated heterocycles. The van der Waals surface area contributed by atoms with Gasteiger partial charge in [-0.05, 0) is 25.0 Å². The predicted molar refractivity (Wildman–Crippen MR) is 88.6 cm³/mol. The first-order valence-corrected chi connectivity index (χ1v) is 8.24. The van der Waals surface area contributed by atoms with Crippen molar-refractivity contribution in [2.75, 3.05) is 26.8 Å². The van der Waals surface area contributed by atoms with Crippen LogP contribution >= 0.6 is 11.3 Å². The number of ether oxygens (including phenoxy) is 1. The number of rotatable bonds is 9. The van der Waals surface area contributed by atoms with Crippen molar-refractivity contribution in [3.63, 3.8) is 0 Å². The molecule has 6 nitrogen and oxygen atoms in total. The van der Waals surface area contributed by atoms with Crippen LogP contribution < -0.4 is 0 Å². The molecule has 1 aromatic heterocycles. The Balaban J connectivity index is 1.85. The Morgan fingerprint density at radius 3 is 2.83 bits per heavy atom. The van der Waals surface area contributed by atoms with Crippen LogP contribution in [0.25, 0.3) is 10.2 Å². The van der Waals surface area contributed by atoms with E-state index in [1.807, 2.05) is 24.3 Å². The van der Waals surface area contributed by atoms with Gasteiger partial charge in [0.1, 0.15) is 6.54 Å². The number of hydrogen-bond donors (Lipinski definition) is 1. The summed E-state index contributed by atoms with van der Waals surface area (Å²) in [6.07, 6.45) is 1.69. The smallest absolute Gasteiger partial charge is 0.323 e. The molecule has 1 N–H and O–H groups in total. The lowest BCUT2D eigenvalue weighted by Crippen LogP contribution is -2.37. The first-order chi connectivity index (χ1) is 11.1. The van der Waals surface area contributed by atoms with Crippen molar-refractivity contribution >= 4 is 33.4 Å². The Labute approximate surface area is 138 Å². The number of fused-ring (bicyclic) bond motifs is 1. The maximum absolute atomic E-state index is 12.1. The zero-order valence-electron chi connectivity index (χ0n) is 13.0. The molecule has 1 amide bonds. The van der Waals surface area contributed by atoms with Gasteiger partial charge in [-0.2, -0.15) is 0 Å². The molecule has 2 rings (SSSR count). The summed E-state index contributed by atoms with van der Waals surface area (Å²) in [5.74, 6) is -1.17. The van der Waals surface area contributed by atoms with Crippen LogP contribution in [0.15, 0.2) is 24.3 Å². The number of carbonyl (C=O) groups is 2. The second kappa shape index (κ2) is 8.59. The van der Waals surface area contributed by atoms with Crippen LogP contribution in [0.2, 0.25) is 0 Å². The maximum atomic E-state index is 12.1. The number of aliphatic carboxylic acids is 1. The molecule has 0 aliphatic carbocycles. The van der Waals surface area contributed by atoms with Crippen molar-refractivity contribution in [2.45, 2.75) is 19.3 Å². The molecule has 2 aromatic rings. The number of carbonyl (C=O) groups excluding carboxylic acids is 1. The fraction of sp³-hybridized carbons (Fsp3) is 0.438. The second-order valence-corrected chi connectivity index (χ2v) is 6.25. The number of aryl methyl sites for hydroxylation is 1. The van der Waals surface area contributed by atoms with E-state index in [0.29, 0.717) is 26.0 Å². The van der Waals surface area contributed by atoms with Gasteiger partial charge in [0.05, 0.1) is 21.8 Å². The van der Waals surface area contributed by atoms with Gasteiger partial charge in [0.15, 0.2) is 0 Å². The van der Waals surface area contributed by atoms with Gasteiger partial charge in [-0.15, -0.1) is 11.3 Å². The van der Waals surface area contributed by atoms with Crippen LogP contribution in [-0.2, 0) is 20.7 Å². The number of para-hydroxylation sites is 1. The number of methoxy groups -OCH3 is 1. The zero-order valence-corrected chi connectivity index (χ0v) is 13.8. The molecule has 1 aromatic carbocycles. The number of benzene rings is 1. The molecule has 0 aliphatic rings. The van der Waals surface area contributed by atoms with Gasteiger partial charge < -0.3 is 14.7 Å². The molecule has 0 unspecified atom stereocenters. The summed E-state index contributed by atoms with van der Waals surface area (Å²) in [5, 5.41) is 9.87. The highest BCUT2D eigenvalue weighted by Gasteiger charge is 2.16. The van der Waals surface area contributed by atoms with Crippen LogP contribution in [0.5, 0.6) is 0 Å². The molecular formula is C16H20N2O4S. The standard InChI is InChI=1S/C16H20N2O4S/c1-22-10-9-18(11-16(20)21)15(19)8-4-7-14-17-12-5-2-3-6-13(12)23-14/h2-3,5-6H,4,7-11H2,1H3,(H,20,21). The molecule has 23 heavy (non-hydrogen) atoms. The molecule has 0 atom stereocenters. The zero-order chi connectivity index (χ0) is 16.7. The average Bonchev–Trinajstić information content (AvgIpc) is 2.93. The minimum absolute atomic E-state index is 0.162. The summed E-state index contributed by atoms with van der Waals surface area (Å²) in [6.45, 7) is 0.336. The lowest BCUT2D eigenvalue weighted by Gasteiger charge is -2.20. The molecule has 1 heterocycles. The highest BCUT2D eigenvalue weighted by molar-refractivity contribution is 7.18. The van der Waals surface area contributed by atoms with E-state index < -0.39 is 5.97 Å².